The summed E-state index contributed by atoms with van der Waals surface area (Å²) >= 11 is 0. The minimum absolute atomic E-state index is 0.417. The van der Waals surface area contributed by atoms with Crippen LogP contribution in [0, 0.1) is 0 Å². The highest BCUT2D eigenvalue weighted by Crippen LogP contribution is 2.28. The van der Waals surface area contributed by atoms with Crippen LogP contribution < -0.4 is 4.90 Å². The van der Waals surface area contributed by atoms with Crippen molar-refractivity contribution in [2.24, 2.45) is 7.05 Å². The highest BCUT2D eigenvalue weighted by atomic mass is 16.3. The first-order chi connectivity index (χ1) is 9.13. The summed E-state index contributed by atoms with van der Waals surface area (Å²) < 4.78 is 2.01. The molecule has 2 aromatic rings. The van der Waals surface area contributed by atoms with Gasteiger partial charge in [0.2, 0.25) is 0 Å². The number of benzene rings is 1. The summed E-state index contributed by atoms with van der Waals surface area (Å²) in [6.07, 6.45) is 4.04. The Balaban J connectivity index is 2.24. The number of aryl methyl sites for hydroxylation is 1. The zero-order chi connectivity index (χ0) is 13.8. The van der Waals surface area contributed by atoms with Crippen LogP contribution in [0.25, 0.3) is 0 Å². The van der Waals surface area contributed by atoms with Gasteiger partial charge in [-0.05, 0) is 12.5 Å². The molecule has 0 unspecified atom stereocenters. The molecule has 1 heterocycles. The van der Waals surface area contributed by atoms with Crippen molar-refractivity contribution in [3.8, 4) is 0 Å². The van der Waals surface area contributed by atoms with Gasteiger partial charge in [0.25, 0.3) is 0 Å². The molecule has 2 rings (SSSR count). The predicted molar refractivity (Wildman–Crippen MR) is 77.0 cm³/mol. The number of anilines is 1. The van der Waals surface area contributed by atoms with Crippen LogP contribution in [0.2, 0.25) is 0 Å². The van der Waals surface area contributed by atoms with Crippen LogP contribution in [0.3, 0.4) is 0 Å². The van der Waals surface area contributed by atoms with E-state index in [-0.39, 0.29) is 0 Å². The molecule has 102 valence electrons. The monoisotopic (exact) mass is 259 g/mol. The maximum Gasteiger partial charge on any atom is 0.127 e. The lowest BCUT2D eigenvalue weighted by molar-refractivity contribution is 0.174. The molecule has 4 nitrogen and oxygen atoms in total. The maximum atomic E-state index is 10.1. The lowest BCUT2D eigenvalue weighted by atomic mass is 10.0. The summed E-state index contributed by atoms with van der Waals surface area (Å²) in [6.45, 7) is 2.71. The molecule has 0 saturated heterocycles. The van der Waals surface area contributed by atoms with E-state index < -0.39 is 6.10 Å². The van der Waals surface area contributed by atoms with Gasteiger partial charge in [-0.2, -0.15) is 0 Å². The molecule has 0 saturated carbocycles. The zero-order valence-corrected chi connectivity index (χ0v) is 11.7. The standard InChI is InChI=1S/C15H21N3O/c1-4-14(19)12-7-5-6-8-13(12)18(3)11-15-16-9-10-17(15)2/h5-10,14,19H,4,11H2,1-3H3/t14-/m1/s1. The van der Waals surface area contributed by atoms with Crippen LogP contribution >= 0.6 is 0 Å². The van der Waals surface area contributed by atoms with Gasteiger partial charge in [-0.15, -0.1) is 0 Å². The van der Waals surface area contributed by atoms with E-state index in [1.165, 1.54) is 0 Å². The first-order valence-electron chi connectivity index (χ1n) is 6.57. The number of para-hydroxylation sites is 1. The van der Waals surface area contributed by atoms with Crippen molar-refractivity contribution in [3.63, 3.8) is 0 Å². The van der Waals surface area contributed by atoms with Crippen LogP contribution in [0.5, 0.6) is 0 Å². The Morgan fingerprint density at radius 1 is 1.37 bits per heavy atom. The number of hydrogen-bond donors (Lipinski definition) is 1. The third-order valence-corrected chi connectivity index (χ3v) is 3.39. The highest BCUT2D eigenvalue weighted by Gasteiger charge is 2.14. The zero-order valence-electron chi connectivity index (χ0n) is 11.7. The average Bonchev–Trinajstić information content (AvgIpc) is 2.83. The van der Waals surface area contributed by atoms with Crippen molar-refractivity contribution < 1.29 is 5.11 Å². The van der Waals surface area contributed by atoms with E-state index in [9.17, 15) is 5.11 Å². The van der Waals surface area contributed by atoms with E-state index in [1.807, 2.05) is 56.0 Å². The molecule has 0 radical (unpaired) electrons. The van der Waals surface area contributed by atoms with Crippen LogP contribution in [-0.2, 0) is 13.6 Å². The Hall–Kier alpha value is -1.81. The molecule has 0 fully saturated rings. The van der Waals surface area contributed by atoms with Gasteiger partial charge in [0, 0.05) is 37.7 Å². The molecule has 0 bridgehead atoms. The number of rotatable bonds is 5. The average molecular weight is 259 g/mol. The fourth-order valence-corrected chi connectivity index (χ4v) is 2.18. The van der Waals surface area contributed by atoms with Crippen molar-refractivity contribution in [1.82, 2.24) is 9.55 Å². The molecule has 4 heteroatoms. The Kier molecular flexibility index (Phi) is 4.22. The number of hydrogen-bond acceptors (Lipinski definition) is 3. The van der Waals surface area contributed by atoms with Crippen molar-refractivity contribution >= 4 is 5.69 Å². The van der Waals surface area contributed by atoms with Crippen molar-refractivity contribution in [2.75, 3.05) is 11.9 Å². The molecule has 0 spiro atoms. The highest BCUT2D eigenvalue weighted by molar-refractivity contribution is 5.54. The predicted octanol–water partition coefficient (Wildman–Crippen LogP) is 2.50. The van der Waals surface area contributed by atoms with Crippen LogP contribution in [0.15, 0.2) is 36.7 Å². The second-order valence-electron chi connectivity index (χ2n) is 4.79. The number of aliphatic hydroxyl groups is 1. The van der Waals surface area contributed by atoms with E-state index >= 15 is 0 Å². The lowest BCUT2D eigenvalue weighted by Gasteiger charge is -2.24. The third-order valence-electron chi connectivity index (χ3n) is 3.39. The lowest BCUT2D eigenvalue weighted by Crippen LogP contribution is -2.21. The van der Waals surface area contributed by atoms with Crippen molar-refractivity contribution in [3.05, 3.63) is 48.0 Å². The molecule has 0 amide bonds. The first kappa shape index (κ1) is 13.6. The third kappa shape index (κ3) is 2.96. The Labute approximate surface area is 114 Å². The summed E-state index contributed by atoms with van der Waals surface area (Å²) in [5.74, 6) is 1.00. The quantitative estimate of drug-likeness (QED) is 0.897. The van der Waals surface area contributed by atoms with Crippen molar-refractivity contribution in [1.29, 1.82) is 0 Å². The van der Waals surface area contributed by atoms with E-state index in [0.717, 1.165) is 23.6 Å². The number of aliphatic hydroxyl groups excluding tert-OH is 1. The molecule has 0 aliphatic rings. The van der Waals surface area contributed by atoms with E-state index in [0.29, 0.717) is 6.42 Å². The molecular formula is C15H21N3O. The minimum atomic E-state index is -0.417. The second-order valence-corrected chi connectivity index (χ2v) is 4.79. The maximum absolute atomic E-state index is 10.1. The van der Waals surface area contributed by atoms with Gasteiger partial charge in [0.1, 0.15) is 5.82 Å². The summed E-state index contributed by atoms with van der Waals surface area (Å²) in [7, 11) is 4.01. The second kappa shape index (κ2) is 5.89. The van der Waals surface area contributed by atoms with E-state index in [2.05, 4.69) is 9.88 Å². The summed E-state index contributed by atoms with van der Waals surface area (Å²) in [5, 5.41) is 10.1. The summed E-state index contributed by atoms with van der Waals surface area (Å²) in [4.78, 5) is 6.46. The molecule has 1 N–H and O–H groups in total. The van der Waals surface area contributed by atoms with E-state index in [1.54, 1.807) is 6.20 Å². The van der Waals surface area contributed by atoms with Gasteiger partial charge in [0.05, 0.1) is 12.6 Å². The fraction of sp³-hybridized carbons (Fsp3) is 0.400. The Morgan fingerprint density at radius 2 is 2.11 bits per heavy atom. The number of imidazole rings is 1. The van der Waals surface area contributed by atoms with Gasteiger partial charge >= 0.3 is 0 Å². The van der Waals surface area contributed by atoms with Gasteiger partial charge < -0.3 is 14.6 Å². The number of nitrogens with zero attached hydrogens (tertiary/aromatic N) is 3. The summed E-state index contributed by atoms with van der Waals surface area (Å²) in [5.41, 5.74) is 2.03. The van der Waals surface area contributed by atoms with Gasteiger partial charge in [-0.3, -0.25) is 0 Å². The van der Waals surface area contributed by atoms with Crippen LogP contribution in [0.1, 0.15) is 30.8 Å². The van der Waals surface area contributed by atoms with Gasteiger partial charge in [0.15, 0.2) is 0 Å². The van der Waals surface area contributed by atoms with E-state index in [4.69, 9.17) is 0 Å². The van der Waals surface area contributed by atoms with Crippen LogP contribution in [-0.4, -0.2) is 21.7 Å². The first-order valence-corrected chi connectivity index (χ1v) is 6.57. The molecule has 0 aliphatic heterocycles. The largest absolute Gasteiger partial charge is 0.388 e. The summed E-state index contributed by atoms with van der Waals surface area (Å²) in [6, 6.07) is 7.98. The molecule has 19 heavy (non-hydrogen) atoms. The normalized spacial score (nSPS) is 12.4. The molecule has 1 aromatic carbocycles. The molecule has 1 aromatic heterocycles. The fourth-order valence-electron chi connectivity index (χ4n) is 2.18. The smallest absolute Gasteiger partial charge is 0.127 e. The Bertz CT molecular complexity index is 536. The van der Waals surface area contributed by atoms with Crippen molar-refractivity contribution in [2.45, 2.75) is 26.0 Å². The minimum Gasteiger partial charge on any atom is -0.388 e. The molecule has 1 atom stereocenters. The van der Waals surface area contributed by atoms with Gasteiger partial charge in [-0.1, -0.05) is 25.1 Å². The van der Waals surface area contributed by atoms with Gasteiger partial charge in [-0.25, -0.2) is 4.98 Å². The topological polar surface area (TPSA) is 41.3 Å². The SMILES string of the molecule is CC[C@@H](O)c1ccccc1N(C)Cc1nccn1C. The molecule has 0 aliphatic carbocycles. The van der Waals surface area contributed by atoms with Crippen LogP contribution in [0.4, 0.5) is 5.69 Å². The molecular weight excluding hydrogens is 238 g/mol. The number of aromatic nitrogens is 2. The Morgan fingerprint density at radius 3 is 2.74 bits per heavy atom.